The highest BCUT2D eigenvalue weighted by Crippen LogP contribution is 2.15. The molecule has 1 heterocycles. The van der Waals surface area contributed by atoms with E-state index in [9.17, 15) is 9.00 Å². The minimum Gasteiger partial charge on any atom is -0.475 e. The minimum atomic E-state index is -1.24. The van der Waals surface area contributed by atoms with Crippen LogP contribution in [0.1, 0.15) is 30.8 Å². The molecule has 0 amide bonds. The second-order valence-corrected chi connectivity index (χ2v) is 4.88. The molecule has 0 aliphatic heterocycles. The Bertz CT molecular complexity index is 369. The van der Waals surface area contributed by atoms with Crippen molar-refractivity contribution in [2.45, 2.75) is 25.4 Å². The van der Waals surface area contributed by atoms with E-state index in [0.29, 0.717) is 11.7 Å². The van der Waals surface area contributed by atoms with Crippen molar-refractivity contribution in [3.05, 3.63) is 17.9 Å². The molecule has 84 valence electrons. The monoisotopic (exact) mass is 230 g/mol. The number of carboxylic acid groups (broad SMARTS) is 1. The second-order valence-electron chi connectivity index (χ2n) is 3.45. The van der Waals surface area contributed by atoms with Crippen LogP contribution in [0.3, 0.4) is 0 Å². The van der Waals surface area contributed by atoms with E-state index >= 15 is 0 Å². The summed E-state index contributed by atoms with van der Waals surface area (Å²) in [6, 6.07) is 2.79. The van der Waals surface area contributed by atoms with Crippen LogP contribution < -0.4 is 0 Å². The summed E-state index contributed by atoms with van der Waals surface area (Å²) in [5, 5.41) is 8.86. The van der Waals surface area contributed by atoms with Crippen molar-refractivity contribution < 1.29 is 18.5 Å². The van der Waals surface area contributed by atoms with Crippen molar-refractivity contribution in [3.8, 4) is 0 Å². The van der Waals surface area contributed by atoms with Crippen LogP contribution >= 0.6 is 0 Å². The predicted octanol–water partition coefficient (Wildman–Crippen LogP) is 2.13. The van der Waals surface area contributed by atoms with E-state index in [-0.39, 0.29) is 10.9 Å². The molecular weight excluding hydrogens is 216 g/mol. The smallest absolute Gasteiger partial charge is 0.371 e. The Hall–Kier alpha value is -1.10. The molecule has 0 fully saturated rings. The number of carboxylic acids is 1. The Morgan fingerprint density at radius 3 is 2.73 bits per heavy atom. The van der Waals surface area contributed by atoms with E-state index in [1.54, 1.807) is 0 Å². The van der Waals surface area contributed by atoms with Crippen LogP contribution in [0, 0.1) is 5.92 Å². The van der Waals surface area contributed by atoms with E-state index in [4.69, 9.17) is 9.52 Å². The average Bonchev–Trinajstić information content (AvgIpc) is 2.66. The van der Waals surface area contributed by atoms with E-state index in [1.165, 1.54) is 12.1 Å². The van der Waals surface area contributed by atoms with Gasteiger partial charge in [-0.1, -0.05) is 20.3 Å². The predicted molar refractivity (Wildman–Crippen MR) is 56.4 cm³/mol. The summed E-state index contributed by atoms with van der Waals surface area (Å²) in [6.45, 7) is 4.02. The third-order valence-electron chi connectivity index (χ3n) is 2.15. The molecule has 0 aliphatic carbocycles. The molecule has 0 aliphatic rings. The first-order chi connectivity index (χ1) is 7.04. The number of carbonyl (C=O) groups is 1. The second kappa shape index (κ2) is 5.11. The number of hydrogen-bond acceptors (Lipinski definition) is 3. The number of furan rings is 1. The molecule has 0 saturated heterocycles. The average molecular weight is 230 g/mol. The van der Waals surface area contributed by atoms with E-state index in [2.05, 4.69) is 0 Å². The Morgan fingerprint density at radius 2 is 2.27 bits per heavy atom. The standard InChI is InChI=1S/C10H14O4S/c1-3-7(2)6-15(13)9-5-4-8(14-9)10(11)12/h4-5,7H,3,6H2,1-2H3,(H,11,12). The van der Waals surface area contributed by atoms with E-state index < -0.39 is 16.8 Å². The fourth-order valence-electron chi connectivity index (χ4n) is 1.02. The van der Waals surface area contributed by atoms with Gasteiger partial charge in [-0.15, -0.1) is 0 Å². The minimum absolute atomic E-state index is 0.164. The molecular formula is C10H14O4S. The molecule has 0 radical (unpaired) electrons. The first-order valence-electron chi connectivity index (χ1n) is 4.76. The van der Waals surface area contributed by atoms with Crippen LogP contribution in [0.25, 0.3) is 0 Å². The van der Waals surface area contributed by atoms with Gasteiger partial charge in [0.2, 0.25) is 5.76 Å². The van der Waals surface area contributed by atoms with Gasteiger partial charge in [0.1, 0.15) is 0 Å². The molecule has 1 rings (SSSR count). The molecule has 5 heteroatoms. The quantitative estimate of drug-likeness (QED) is 0.841. The summed E-state index contributed by atoms with van der Waals surface area (Å²) in [5.74, 6) is -0.461. The molecule has 0 saturated carbocycles. The maximum absolute atomic E-state index is 11.7. The van der Waals surface area contributed by atoms with Crippen molar-refractivity contribution in [3.63, 3.8) is 0 Å². The van der Waals surface area contributed by atoms with Gasteiger partial charge in [-0.05, 0) is 18.1 Å². The molecule has 4 nitrogen and oxygen atoms in total. The highest BCUT2D eigenvalue weighted by molar-refractivity contribution is 7.84. The SMILES string of the molecule is CCC(C)CS(=O)c1ccc(C(=O)O)o1. The molecule has 1 aromatic rings. The van der Waals surface area contributed by atoms with Crippen LogP contribution in [-0.2, 0) is 10.8 Å². The molecule has 1 N–H and O–H groups in total. The van der Waals surface area contributed by atoms with Crippen molar-refractivity contribution >= 4 is 16.8 Å². The zero-order valence-corrected chi connectivity index (χ0v) is 9.54. The summed E-state index contributed by atoms with van der Waals surface area (Å²) < 4.78 is 16.6. The summed E-state index contributed by atoms with van der Waals surface area (Å²) in [5.41, 5.74) is 0. The summed E-state index contributed by atoms with van der Waals surface area (Å²) in [4.78, 5) is 10.5. The fraction of sp³-hybridized carbons (Fsp3) is 0.500. The Labute approximate surface area is 90.7 Å². The molecule has 0 aromatic carbocycles. The van der Waals surface area contributed by atoms with Crippen LogP contribution in [0.4, 0.5) is 0 Å². The van der Waals surface area contributed by atoms with Crippen molar-refractivity contribution in [2.75, 3.05) is 5.75 Å². The van der Waals surface area contributed by atoms with Crippen LogP contribution in [-0.4, -0.2) is 21.0 Å². The van der Waals surface area contributed by atoms with Gasteiger partial charge in [-0.2, -0.15) is 0 Å². The van der Waals surface area contributed by atoms with E-state index in [1.807, 2.05) is 13.8 Å². The normalized spacial score (nSPS) is 14.8. The van der Waals surface area contributed by atoms with Crippen LogP contribution in [0.15, 0.2) is 21.6 Å². The molecule has 2 atom stereocenters. The highest BCUT2D eigenvalue weighted by atomic mass is 32.2. The number of rotatable bonds is 5. The van der Waals surface area contributed by atoms with Crippen molar-refractivity contribution in [1.29, 1.82) is 0 Å². The lowest BCUT2D eigenvalue weighted by Crippen LogP contribution is -2.06. The van der Waals surface area contributed by atoms with Gasteiger partial charge >= 0.3 is 5.97 Å². The van der Waals surface area contributed by atoms with Gasteiger partial charge in [-0.3, -0.25) is 4.21 Å². The molecule has 0 bridgehead atoms. The maximum Gasteiger partial charge on any atom is 0.371 e. The maximum atomic E-state index is 11.7. The lowest BCUT2D eigenvalue weighted by atomic mass is 10.2. The molecule has 2 unspecified atom stereocenters. The van der Waals surface area contributed by atoms with Gasteiger partial charge in [0.15, 0.2) is 5.09 Å². The lowest BCUT2D eigenvalue weighted by Gasteiger charge is -2.05. The number of aromatic carboxylic acids is 1. The summed E-state index contributed by atoms with van der Waals surface area (Å²) in [6.07, 6.45) is 0.943. The van der Waals surface area contributed by atoms with Crippen LogP contribution in [0.2, 0.25) is 0 Å². The third-order valence-corrected chi connectivity index (χ3v) is 3.69. The Kier molecular flexibility index (Phi) is 4.08. The van der Waals surface area contributed by atoms with Gasteiger partial charge in [0.25, 0.3) is 0 Å². The Balaban J connectivity index is 2.70. The highest BCUT2D eigenvalue weighted by Gasteiger charge is 2.15. The topological polar surface area (TPSA) is 67.5 Å². The van der Waals surface area contributed by atoms with Crippen LogP contribution in [0.5, 0.6) is 0 Å². The first-order valence-corrected chi connectivity index (χ1v) is 6.08. The van der Waals surface area contributed by atoms with E-state index in [0.717, 1.165) is 6.42 Å². The zero-order valence-electron chi connectivity index (χ0n) is 8.73. The molecule has 15 heavy (non-hydrogen) atoms. The fourth-order valence-corrected chi connectivity index (χ4v) is 2.34. The van der Waals surface area contributed by atoms with Gasteiger partial charge in [0.05, 0.1) is 10.8 Å². The summed E-state index contributed by atoms with van der Waals surface area (Å²) >= 11 is 0. The van der Waals surface area contributed by atoms with Crippen molar-refractivity contribution in [1.82, 2.24) is 0 Å². The summed E-state index contributed by atoms with van der Waals surface area (Å²) in [7, 11) is -1.24. The Morgan fingerprint density at radius 1 is 1.60 bits per heavy atom. The lowest BCUT2D eigenvalue weighted by molar-refractivity contribution is 0.0656. The van der Waals surface area contributed by atoms with Crippen molar-refractivity contribution in [2.24, 2.45) is 5.92 Å². The van der Waals surface area contributed by atoms with Gasteiger partial charge < -0.3 is 9.52 Å². The molecule has 0 spiro atoms. The number of hydrogen-bond donors (Lipinski definition) is 1. The first kappa shape index (κ1) is 12.0. The van der Waals surface area contributed by atoms with Gasteiger partial charge in [0, 0.05) is 5.75 Å². The van der Waals surface area contributed by atoms with Gasteiger partial charge in [-0.25, -0.2) is 4.79 Å². The largest absolute Gasteiger partial charge is 0.475 e. The molecule has 1 aromatic heterocycles. The zero-order chi connectivity index (χ0) is 11.4. The third kappa shape index (κ3) is 3.20.